The second kappa shape index (κ2) is 4.13. The van der Waals surface area contributed by atoms with Crippen molar-refractivity contribution in [1.29, 1.82) is 0 Å². The third-order valence-corrected chi connectivity index (χ3v) is 2.48. The first-order valence-corrected chi connectivity index (χ1v) is 4.92. The van der Waals surface area contributed by atoms with Crippen LogP contribution in [0.4, 0.5) is 11.4 Å². The van der Waals surface area contributed by atoms with Gasteiger partial charge < -0.3 is 4.90 Å². The molecule has 0 aliphatic carbocycles. The van der Waals surface area contributed by atoms with Crippen molar-refractivity contribution in [3.63, 3.8) is 0 Å². The monoisotopic (exact) mass is 204 g/mol. The van der Waals surface area contributed by atoms with Gasteiger partial charge in [-0.3, -0.25) is 10.1 Å². The molecule has 1 aromatic rings. The van der Waals surface area contributed by atoms with E-state index >= 15 is 0 Å². The van der Waals surface area contributed by atoms with Gasteiger partial charge in [0.1, 0.15) is 0 Å². The topological polar surface area (TPSA) is 46.4 Å². The van der Waals surface area contributed by atoms with Gasteiger partial charge in [0.15, 0.2) is 0 Å². The first kappa shape index (κ1) is 9.71. The van der Waals surface area contributed by atoms with Crippen molar-refractivity contribution in [2.75, 3.05) is 18.0 Å². The summed E-state index contributed by atoms with van der Waals surface area (Å²) in [4.78, 5) is 12.3. The lowest BCUT2D eigenvalue weighted by molar-refractivity contribution is -0.384. The van der Waals surface area contributed by atoms with E-state index in [2.05, 4.69) is 17.1 Å². The lowest BCUT2D eigenvalue weighted by atomic mass is 10.2. The Morgan fingerprint density at radius 1 is 1.20 bits per heavy atom. The Labute approximate surface area is 88.0 Å². The molecule has 1 heterocycles. The predicted octanol–water partition coefficient (Wildman–Crippen LogP) is 2.36. The van der Waals surface area contributed by atoms with E-state index in [-0.39, 0.29) is 10.6 Å². The molecular weight excluding hydrogens is 192 g/mol. The van der Waals surface area contributed by atoms with Gasteiger partial charge >= 0.3 is 0 Å². The quantitative estimate of drug-likeness (QED) is 0.422. The van der Waals surface area contributed by atoms with Crippen LogP contribution in [0.2, 0.25) is 0 Å². The number of benzene rings is 1. The van der Waals surface area contributed by atoms with Crippen molar-refractivity contribution in [2.24, 2.45) is 0 Å². The molecule has 0 saturated heterocycles. The van der Waals surface area contributed by atoms with E-state index in [1.165, 1.54) is 0 Å². The smallest absolute Gasteiger partial charge is 0.269 e. The highest BCUT2D eigenvalue weighted by molar-refractivity contribution is 5.51. The standard InChI is InChI=1S/C11H12N2O2/c14-13(15)11-6-4-10(5-7-11)12-8-2-1-3-9-12/h1-2,4-7H,3,8-9H2. The summed E-state index contributed by atoms with van der Waals surface area (Å²) in [7, 11) is 0. The number of nitro benzene ring substituents is 1. The summed E-state index contributed by atoms with van der Waals surface area (Å²) in [6.45, 7) is 1.87. The molecule has 78 valence electrons. The van der Waals surface area contributed by atoms with Gasteiger partial charge in [-0.05, 0) is 18.6 Å². The molecule has 15 heavy (non-hydrogen) atoms. The van der Waals surface area contributed by atoms with Gasteiger partial charge in [-0.1, -0.05) is 12.2 Å². The van der Waals surface area contributed by atoms with Crippen LogP contribution < -0.4 is 4.90 Å². The Balaban J connectivity index is 2.16. The molecule has 0 unspecified atom stereocenters. The van der Waals surface area contributed by atoms with E-state index in [0.29, 0.717) is 0 Å². The van der Waals surface area contributed by atoms with Crippen LogP contribution in [-0.4, -0.2) is 18.0 Å². The van der Waals surface area contributed by atoms with Gasteiger partial charge in [0.05, 0.1) is 4.92 Å². The Kier molecular flexibility index (Phi) is 2.67. The van der Waals surface area contributed by atoms with Gasteiger partial charge in [-0.25, -0.2) is 0 Å². The number of hydrogen-bond donors (Lipinski definition) is 0. The average molecular weight is 204 g/mol. The largest absolute Gasteiger partial charge is 0.367 e. The van der Waals surface area contributed by atoms with Crippen LogP contribution in [0.5, 0.6) is 0 Å². The van der Waals surface area contributed by atoms with Crippen molar-refractivity contribution in [2.45, 2.75) is 6.42 Å². The summed E-state index contributed by atoms with van der Waals surface area (Å²) in [5.41, 5.74) is 1.19. The second-order valence-corrected chi connectivity index (χ2v) is 3.48. The Hall–Kier alpha value is -1.84. The molecule has 4 nitrogen and oxygen atoms in total. The third-order valence-electron chi connectivity index (χ3n) is 2.48. The summed E-state index contributed by atoms with van der Waals surface area (Å²) in [5.74, 6) is 0. The van der Waals surface area contributed by atoms with Crippen LogP contribution in [-0.2, 0) is 0 Å². The van der Waals surface area contributed by atoms with Crippen LogP contribution in [0.3, 0.4) is 0 Å². The summed E-state index contributed by atoms with van der Waals surface area (Å²) < 4.78 is 0. The molecule has 0 aromatic heterocycles. The second-order valence-electron chi connectivity index (χ2n) is 3.48. The molecule has 1 aromatic carbocycles. The van der Waals surface area contributed by atoms with Gasteiger partial charge in [-0.15, -0.1) is 0 Å². The molecule has 0 atom stereocenters. The predicted molar refractivity (Wildman–Crippen MR) is 59.1 cm³/mol. The zero-order chi connectivity index (χ0) is 10.7. The molecular formula is C11H12N2O2. The summed E-state index contributed by atoms with van der Waals surface area (Å²) in [6.07, 6.45) is 5.31. The fourth-order valence-electron chi connectivity index (χ4n) is 1.66. The Morgan fingerprint density at radius 2 is 1.93 bits per heavy atom. The van der Waals surface area contributed by atoms with E-state index in [1.54, 1.807) is 24.3 Å². The molecule has 0 N–H and O–H groups in total. The highest BCUT2D eigenvalue weighted by Crippen LogP contribution is 2.20. The maximum atomic E-state index is 10.5. The van der Waals surface area contributed by atoms with E-state index in [0.717, 1.165) is 25.2 Å². The highest BCUT2D eigenvalue weighted by Gasteiger charge is 2.09. The first-order chi connectivity index (χ1) is 7.27. The zero-order valence-electron chi connectivity index (χ0n) is 8.30. The van der Waals surface area contributed by atoms with Gasteiger partial charge in [0.2, 0.25) is 0 Å². The lowest BCUT2D eigenvalue weighted by Gasteiger charge is -2.25. The van der Waals surface area contributed by atoms with Gasteiger partial charge in [-0.2, -0.15) is 0 Å². The number of anilines is 1. The van der Waals surface area contributed by atoms with Gasteiger partial charge in [0.25, 0.3) is 5.69 Å². The normalized spacial score (nSPS) is 15.3. The van der Waals surface area contributed by atoms with E-state index in [9.17, 15) is 10.1 Å². The van der Waals surface area contributed by atoms with Crippen molar-refractivity contribution in [3.05, 3.63) is 46.5 Å². The summed E-state index contributed by atoms with van der Waals surface area (Å²) in [5, 5.41) is 10.5. The molecule has 0 bridgehead atoms. The minimum absolute atomic E-state index is 0.145. The maximum Gasteiger partial charge on any atom is 0.269 e. The van der Waals surface area contributed by atoms with Crippen LogP contribution in [0, 0.1) is 10.1 Å². The molecule has 0 amide bonds. The average Bonchev–Trinajstić information content (AvgIpc) is 2.30. The Bertz CT molecular complexity index is 384. The van der Waals surface area contributed by atoms with Gasteiger partial charge in [0, 0.05) is 30.9 Å². The van der Waals surface area contributed by atoms with E-state index in [1.807, 2.05) is 0 Å². The number of hydrogen-bond acceptors (Lipinski definition) is 3. The minimum Gasteiger partial charge on any atom is -0.367 e. The molecule has 0 spiro atoms. The first-order valence-electron chi connectivity index (χ1n) is 4.92. The zero-order valence-corrected chi connectivity index (χ0v) is 8.30. The lowest BCUT2D eigenvalue weighted by Crippen LogP contribution is -2.26. The van der Waals surface area contributed by atoms with Crippen molar-refractivity contribution < 1.29 is 4.92 Å². The molecule has 0 fully saturated rings. The Morgan fingerprint density at radius 3 is 2.47 bits per heavy atom. The third kappa shape index (κ3) is 2.15. The van der Waals surface area contributed by atoms with E-state index < -0.39 is 0 Å². The summed E-state index contributed by atoms with van der Waals surface area (Å²) >= 11 is 0. The molecule has 1 aliphatic heterocycles. The maximum absolute atomic E-state index is 10.5. The number of nitro groups is 1. The number of rotatable bonds is 2. The van der Waals surface area contributed by atoms with Crippen LogP contribution in [0.15, 0.2) is 36.4 Å². The fourth-order valence-corrected chi connectivity index (χ4v) is 1.66. The summed E-state index contributed by atoms with van der Waals surface area (Å²) in [6, 6.07) is 6.70. The number of nitrogens with zero attached hydrogens (tertiary/aromatic N) is 2. The van der Waals surface area contributed by atoms with Crippen molar-refractivity contribution in [3.8, 4) is 0 Å². The van der Waals surface area contributed by atoms with Crippen molar-refractivity contribution in [1.82, 2.24) is 0 Å². The van der Waals surface area contributed by atoms with E-state index in [4.69, 9.17) is 0 Å². The van der Waals surface area contributed by atoms with Crippen LogP contribution in [0.1, 0.15) is 6.42 Å². The number of non-ortho nitro benzene ring substituents is 1. The fraction of sp³-hybridized carbons (Fsp3) is 0.273. The van der Waals surface area contributed by atoms with Crippen molar-refractivity contribution >= 4 is 11.4 Å². The minimum atomic E-state index is -0.375. The highest BCUT2D eigenvalue weighted by atomic mass is 16.6. The molecule has 1 aliphatic rings. The molecule has 0 radical (unpaired) electrons. The molecule has 0 saturated carbocycles. The van der Waals surface area contributed by atoms with Crippen LogP contribution in [0.25, 0.3) is 0 Å². The molecule has 4 heteroatoms. The van der Waals surface area contributed by atoms with Crippen LogP contribution >= 0.6 is 0 Å². The SMILES string of the molecule is O=[N+]([O-])c1ccc(N2CC=CCC2)cc1. The molecule has 2 rings (SSSR count).